The van der Waals surface area contributed by atoms with Gasteiger partial charge in [-0.05, 0) is 24.1 Å². The first-order valence-corrected chi connectivity index (χ1v) is 6.88. The number of ether oxygens (including phenoxy) is 2. The molecule has 0 aliphatic carbocycles. The van der Waals surface area contributed by atoms with Crippen molar-refractivity contribution < 1.29 is 9.47 Å². The second kappa shape index (κ2) is 6.76. The van der Waals surface area contributed by atoms with Crippen molar-refractivity contribution in [2.75, 3.05) is 18.9 Å². The largest absolute Gasteiger partial charge is 0.399 e. The van der Waals surface area contributed by atoms with Crippen molar-refractivity contribution in [2.24, 2.45) is 0 Å². The average molecular weight is 249 g/mol. The lowest BCUT2D eigenvalue weighted by atomic mass is 10.1. The molecule has 1 heterocycles. The summed E-state index contributed by atoms with van der Waals surface area (Å²) in [5.41, 5.74) is 7.61. The van der Waals surface area contributed by atoms with E-state index in [0.717, 1.165) is 17.7 Å². The minimum Gasteiger partial charge on any atom is -0.399 e. The van der Waals surface area contributed by atoms with Gasteiger partial charge >= 0.3 is 0 Å². The van der Waals surface area contributed by atoms with E-state index in [2.05, 4.69) is 6.92 Å². The van der Waals surface area contributed by atoms with Crippen LogP contribution in [-0.4, -0.2) is 19.3 Å². The number of rotatable bonds is 5. The van der Waals surface area contributed by atoms with Crippen LogP contribution in [-0.2, 0) is 9.47 Å². The van der Waals surface area contributed by atoms with Crippen LogP contribution in [0.2, 0.25) is 0 Å². The van der Waals surface area contributed by atoms with Gasteiger partial charge in [-0.25, -0.2) is 0 Å². The molecule has 1 saturated heterocycles. The molecule has 0 spiro atoms. The number of nitrogen functional groups attached to an aromatic ring is 1. The van der Waals surface area contributed by atoms with Crippen molar-refractivity contribution in [3.63, 3.8) is 0 Å². The zero-order chi connectivity index (χ0) is 12.8. The normalized spacial score (nSPS) is 24.1. The Morgan fingerprint density at radius 1 is 1.11 bits per heavy atom. The van der Waals surface area contributed by atoms with Crippen molar-refractivity contribution >= 4 is 5.69 Å². The third kappa shape index (κ3) is 3.72. The molecule has 2 N–H and O–H groups in total. The first-order valence-electron chi connectivity index (χ1n) is 6.88. The minimum absolute atomic E-state index is 0.0630. The molecule has 1 fully saturated rings. The number of anilines is 1. The first kappa shape index (κ1) is 13.4. The molecule has 0 amide bonds. The second-order valence-electron chi connectivity index (χ2n) is 4.94. The predicted molar refractivity (Wildman–Crippen MR) is 73.4 cm³/mol. The Hall–Kier alpha value is -1.06. The van der Waals surface area contributed by atoms with Crippen molar-refractivity contribution in [1.29, 1.82) is 0 Å². The van der Waals surface area contributed by atoms with Gasteiger partial charge in [-0.3, -0.25) is 0 Å². The smallest absolute Gasteiger partial charge is 0.106 e. The van der Waals surface area contributed by atoms with E-state index in [9.17, 15) is 0 Å². The van der Waals surface area contributed by atoms with E-state index in [0.29, 0.717) is 13.2 Å². The summed E-state index contributed by atoms with van der Waals surface area (Å²) in [7, 11) is 0. The molecule has 2 rings (SSSR count). The topological polar surface area (TPSA) is 44.5 Å². The molecule has 3 heteroatoms. The van der Waals surface area contributed by atoms with Crippen LogP contribution in [0.4, 0.5) is 5.69 Å². The van der Waals surface area contributed by atoms with Gasteiger partial charge in [-0.2, -0.15) is 0 Å². The van der Waals surface area contributed by atoms with Crippen molar-refractivity contribution in [3.8, 4) is 0 Å². The molecule has 0 radical (unpaired) electrons. The quantitative estimate of drug-likeness (QED) is 0.643. The van der Waals surface area contributed by atoms with Crippen LogP contribution in [0.25, 0.3) is 0 Å². The zero-order valence-electron chi connectivity index (χ0n) is 11.1. The summed E-state index contributed by atoms with van der Waals surface area (Å²) in [4.78, 5) is 0. The summed E-state index contributed by atoms with van der Waals surface area (Å²) in [6.07, 6.45) is 5.22. The predicted octanol–water partition coefficient (Wildman–Crippen LogP) is 3.31. The molecule has 18 heavy (non-hydrogen) atoms. The molecule has 3 nitrogen and oxygen atoms in total. The summed E-state index contributed by atoms with van der Waals surface area (Å²) in [6, 6.07) is 7.85. The fourth-order valence-corrected chi connectivity index (χ4v) is 2.23. The Bertz CT molecular complexity index is 342. The van der Waals surface area contributed by atoms with Gasteiger partial charge < -0.3 is 15.2 Å². The standard InChI is InChI=1S/C15H23NO2/c1-2-3-4-5-14-10-18-15(11-17-14)12-6-8-13(16)9-7-12/h6-9,14-15H,2-5,10-11,16H2,1H3/t14-,15-/m1/s1. The van der Waals surface area contributed by atoms with Crippen LogP contribution in [0, 0.1) is 0 Å². The molecular weight excluding hydrogens is 226 g/mol. The van der Waals surface area contributed by atoms with Gasteiger partial charge in [0.25, 0.3) is 0 Å². The Balaban J connectivity index is 1.77. The Kier molecular flexibility index (Phi) is 5.02. The van der Waals surface area contributed by atoms with Gasteiger partial charge in [-0.1, -0.05) is 38.3 Å². The Labute approximate surface area is 109 Å². The SMILES string of the molecule is CCCCC[C@@H]1CO[C@@H](c2ccc(N)cc2)CO1. The summed E-state index contributed by atoms with van der Waals surface area (Å²) < 4.78 is 11.7. The molecule has 1 aromatic carbocycles. The number of nitrogens with two attached hydrogens (primary N) is 1. The molecule has 1 aromatic rings. The molecule has 100 valence electrons. The maximum absolute atomic E-state index is 5.88. The average Bonchev–Trinajstić information content (AvgIpc) is 2.41. The lowest BCUT2D eigenvalue weighted by Gasteiger charge is -2.30. The van der Waals surface area contributed by atoms with Crippen molar-refractivity contribution in [1.82, 2.24) is 0 Å². The maximum Gasteiger partial charge on any atom is 0.106 e. The molecule has 0 unspecified atom stereocenters. The minimum atomic E-state index is 0.0630. The molecular formula is C15H23NO2. The van der Waals surface area contributed by atoms with E-state index >= 15 is 0 Å². The molecule has 1 aliphatic heterocycles. The Morgan fingerprint density at radius 3 is 2.50 bits per heavy atom. The molecule has 2 atom stereocenters. The van der Waals surface area contributed by atoms with Gasteiger partial charge in [0.2, 0.25) is 0 Å². The van der Waals surface area contributed by atoms with E-state index in [1.807, 2.05) is 24.3 Å². The lowest BCUT2D eigenvalue weighted by Crippen LogP contribution is -2.31. The van der Waals surface area contributed by atoms with Gasteiger partial charge in [0.05, 0.1) is 19.3 Å². The summed E-state index contributed by atoms with van der Waals surface area (Å²) in [5, 5.41) is 0. The van der Waals surface area contributed by atoms with Crippen molar-refractivity contribution in [2.45, 2.75) is 44.8 Å². The Morgan fingerprint density at radius 2 is 1.89 bits per heavy atom. The van der Waals surface area contributed by atoms with Crippen molar-refractivity contribution in [3.05, 3.63) is 29.8 Å². The molecule has 0 aromatic heterocycles. The summed E-state index contributed by atoms with van der Waals surface area (Å²) in [6.45, 7) is 3.58. The third-order valence-electron chi connectivity index (χ3n) is 3.40. The summed E-state index contributed by atoms with van der Waals surface area (Å²) in [5.74, 6) is 0. The van der Waals surface area contributed by atoms with Crippen LogP contribution in [0.15, 0.2) is 24.3 Å². The first-order chi connectivity index (χ1) is 8.79. The van der Waals surface area contributed by atoms with E-state index in [1.54, 1.807) is 0 Å². The van der Waals surface area contributed by atoms with E-state index < -0.39 is 0 Å². The fraction of sp³-hybridized carbons (Fsp3) is 0.600. The number of hydrogen-bond donors (Lipinski definition) is 1. The monoisotopic (exact) mass is 249 g/mol. The molecule has 0 saturated carbocycles. The highest BCUT2D eigenvalue weighted by Gasteiger charge is 2.22. The van der Waals surface area contributed by atoms with Crippen LogP contribution >= 0.6 is 0 Å². The highest BCUT2D eigenvalue weighted by atomic mass is 16.6. The molecule has 1 aliphatic rings. The van der Waals surface area contributed by atoms with Crippen LogP contribution < -0.4 is 5.73 Å². The zero-order valence-corrected chi connectivity index (χ0v) is 11.1. The number of benzene rings is 1. The van der Waals surface area contributed by atoms with Gasteiger partial charge in [0.1, 0.15) is 6.10 Å². The fourth-order valence-electron chi connectivity index (χ4n) is 2.23. The highest BCUT2D eigenvalue weighted by molar-refractivity contribution is 5.39. The highest BCUT2D eigenvalue weighted by Crippen LogP contribution is 2.25. The van der Waals surface area contributed by atoms with Crippen LogP contribution in [0.1, 0.15) is 44.3 Å². The second-order valence-corrected chi connectivity index (χ2v) is 4.94. The van der Waals surface area contributed by atoms with Gasteiger partial charge in [0, 0.05) is 5.69 Å². The van der Waals surface area contributed by atoms with Crippen LogP contribution in [0.3, 0.4) is 0 Å². The van der Waals surface area contributed by atoms with Gasteiger partial charge in [0.15, 0.2) is 0 Å². The van der Waals surface area contributed by atoms with E-state index in [4.69, 9.17) is 15.2 Å². The lowest BCUT2D eigenvalue weighted by molar-refractivity contribution is -0.137. The van der Waals surface area contributed by atoms with E-state index in [1.165, 1.54) is 19.3 Å². The number of unbranched alkanes of at least 4 members (excludes halogenated alkanes) is 2. The summed E-state index contributed by atoms with van der Waals surface area (Å²) >= 11 is 0. The van der Waals surface area contributed by atoms with Gasteiger partial charge in [-0.15, -0.1) is 0 Å². The van der Waals surface area contributed by atoms with Crippen LogP contribution in [0.5, 0.6) is 0 Å². The number of hydrogen-bond acceptors (Lipinski definition) is 3. The maximum atomic E-state index is 5.88. The van der Waals surface area contributed by atoms with E-state index in [-0.39, 0.29) is 12.2 Å². The molecule has 0 bridgehead atoms. The third-order valence-corrected chi connectivity index (χ3v) is 3.40.